The highest BCUT2D eigenvalue weighted by molar-refractivity contribution is 6.05. The first-order chi connectivity index (χ1) is 12.5. The van der Waals surface area contributed by atoms with Crippen LogP contribution in [0.2, 0.25) is 0 Å². The Balaban J connectivity index is 1.49. The molecule has 2 saturated heterocycles. The highest BCUT2D eigenvalue weighted by Crippen LogP contribution is 2.29. The zero-order chi connectivity index (χ0) is 18.3. The quantitative estimate of drug-likeness (QED) is 0.618. The summed E-state index contributed by atoms with van der Waals surface area (Å²) in [7, 11) is 0. The Kier molecular flexibility index (Phi) is 4.20. The minimum absolute atomic E-state index is 0.00713. The Morgan fingerprint density at radius 1 is 1.23 bits per heavy atom. The Hall–Kier alpha value is -2.74. The van der Waals surface area contributed by atoms with E-state index in [1.165, 1.54) is 4.90 Å². The lowest BCUT2D eigenvalue weighted by atomic mass is 10.0. The smallest absolute Gasteiger partial charge is 0.255 e. The second kappa shape index (κ2) is 6.53. The Morgan fingerprint density at radius 2 is 2.04 bits per heavy atom. The fourth-order valence-corrected chi connectivity index (χ4v) is 3.62. The number of nitrogens with zero attached hydrogens (tertiary/aromatic N) is 1. The van der Waals surface area contributed by atoms with Crippen molar-refractivity contribution >= 4 is 23.6 Å². The number of fused-ring (bicyclic) bond motifs is 1. The molecule has 2 fully saturated rings. The number of hydrogen-bond acceptors (Lipinski definition) is 5. The zero-order valence-electron chi connectivity index (χ0n) is 14.2. The number of carbonyl (C=O) groups is 4. The number of rotatable bonds is 4. The molecular weight excluding hydrogens is 336 g/mol. The van der Waals surface area contributed by atoms with E-state index >= 15 is 0 Å². The van der Waals surface area contributed by atoms with Gasteiger partial charge in [0.15, 0.2) is 0 Å². The first-order valence-corrected chi connectivity index (χ1v) is 8.78. The van der Waals surface area contributed by atoms with Crippen molar-refractivity contribution in [2.45, 2.75) is 32.0 Å². The standard InChI is InChI=1S/C18H20N4O4/c23-15-5-4-14(17(25)21-15)22-9-13-10(2-1-3-12(13)18(22)26)8-20-16(24)11-6-19-7-11/h1-3,11,14,19H,4-9H2,(H,20,24)(H,21,23,25). The molecule has 1 atom stereocenters. The minimum atomic E-state index is -0.629. The summed E-state index contributed by atoms with van der Waals surface area (Å²) in [5.74, 6) is -0.911. The van der Waals surface area contributed by atoms with E-state index in [-0.39, 0.29) is 30.1 Å². The zero-order valence-corrected chi connectivity index (χ0v) is 14.2. The van der Waals surface area contributed by atoms with Gasteiger partial charge >= 0.3 is 0 Å². The highest BCUT2D eigenvalue weighted by Gasteiger charge is 2.39. The number of piperidine rings is 1. The molecule has 26 heavy (non-hydrogen) atoms. The van der Waals surface area contributed by atoms with Crippen molar-refractivity contribution in [3.05, 3.63) is 34.9 Å². The van der Waals surface area contributed by atoms with Gasteiger partial charge in [0, 0.05) is 38.2 Å². The number of hydrogen-bond donors (Lipinski definition) is 3. The Labute approximate surface area is 150 Å². The van der Waals surface area contributed by atoms with Crippen LogP contribution in [0.5, 0.6) is 0 Å². The third-order valence-electron chi connectivity index (χ3n) is 5.28. The van der Waals surface area contributed by atoms with E-state index in [4.69, 9.17) is 0 Å². The van der Waals surface area contributed by atoms with Gasteiger partial charge in [0.1, 0.15) is 6.04 Å². The molecule has 3 N–H and O–H groups in total. The molecule has 1 unspecified atom stereocenters. The fraction of sp³-hybridized carbons (Fsp3) is 0.444. The van der Waals surface area contributed by atoms with Crippen LogP contribution < -0.4 is 16.0 Å². The molecule has 3 aliphatic heterocycles. The molecule has 1 aromatic carbocycles. The summed E-state index contributed by atoms with van der Waals surface area (Å²) in [5, 5.41) is 8.28. The van der Waals surface area contributed by atoms with Crippen molar-refractivity contribution in [1.82, 2.24) is 20.9 Å². The number of imide groups is 1. The maximum absolute atomic E-state index is 12.7. The van der Waals surface area contributed by atoms with Gasteiger partial charge in [-0.2, -0.15) is 0 Å². The molecule has 136 valence electrons. The average Bonchev–Trinajstić information content (AvgIpc) is 2.89. The molecule has 4 amide bonds. The maximum atomic E-state index is 12.7. The van der Waals surface area contributed by atoms with Crippen molar-refractivity contribution in [2.75, 3.05) is 13.1 Å². The van der Waals surface area contributed by atoms with E-state index in [1.54, 1.807) is 12.1 Å². The predicted octanol–water partition coefficient (Wildman–Crippen LogP) is -0.717. The van der Waals surface area contributed by atoms with Crippen molar-refractivity contribution < 1.29 is 19.2 Å². The van der Waals surface area contributed by atoms with E-state index in [0.29, 0.717) is 38.2 Å². The van der Waals surface area contributed by atoms with Gasteiger partial charge in [-0.1, -0.05) is 12.1 Å². The lowest BCUT2D eigenvalue weighted by Crippen LogP contribution is -2.52. The maximum Gasteiger partial charge on any atom is 0.255 e. The molecule has 8 nitrogen and oxygen atoms in total. The molecular formula is C18H20N4O4. The van der Waals surface area contributed by atoms with Gasteiger partial charge in [-0.15, -0.1) is 0 Å². The first-order valence-electron chi connectivity index (χ1n) is 8.78. The van der Waals surface area contributed by atoms with Crippen molar-refractivity contribution in [3.63, 3.8) is 0 Å². The van der Waals surface area contributed by atoms with Gasteiger partial charge in [-0.05, 0) is 23.6 Å². The number of benzene rings is 1. The van der Waals surface area contributed by atoms with E-state index in [2.05, 4.69) is 16.0 Å². The Bertz CT molecular complexity index is 802. The third-order valence-corrected chi connectivity index (χ3v) is 5.28. The number of carbonyl (C=O) groups excluding carboxylic acids is 4. The summed E-state index contributed by atoms with van der Waals surface area (Å²) < 4.78 is 0. The van der Waals surface area contributed by atoms with Crippen molar-refractivity contribution in [2.24, 2.45) is 5.92 Å². The van der Waals surface area contributed by atoms with Crippen LogP contribution in [0, 0.1) is 5.92 Å². The molecule has 0 bridgehead atoms. The van der Waals surface area contributed by atoms with Crippen LogP contribution in [0.3, 0.4) is 0 Å². The van der Waals surface area contributed by atoms with E-state index in [9.17, 15) is 19.2 Å². The second-order valence-electron chi connectivity index (χ2n) is 6.92. The molecule has 0 spiro atoms. The van der Waals surface area contributed by atoms with Gasteiger partial charge in [-0.3, -0.25) is 24.5 Å². The summed E-state index contributed by atoms with van der Waals surface area (Å²) in [6.45, 7) is 2.06. The van der Waals surface area contributed by atoms with E-state index in [0.717, 1.165) is 11.1 Å². The lowest BCUT2D eigenvalue weighted by Gasteiger charge is -2.29. The molecule has 0 aliphatic carbocycles. The summed E-state index contributed by atoms with van der Waals surface area (Å²) in [6.07, 6.45) is 0.569. The molecule has 0 aromatic heterocycles. The molecule has 8 heteroatoms. The average molecular weight is 356 g/mol. The normalized spacial score (nSPS) is 22.7. The first kappa shape index (κ1) is 16.7. The molecule has 0 saturated carbocycles. The SMILES string of the molecule is O=C1CCC(N2Cc3c(CNC(=O)C4CNC4)cccc3C2=O)C(=O)N1. The number of nitrogens with one attached hydrogen (secondary N) is 3. The van der Waals surface area contributed by atoms with E-state index in [1.807, 2.05) is 6.07 Å². The van der Waals surface area contributed by atoms with Crippen LogP contribution in [0.15, 0.2) is 18.2 Å². The monoisotopic (exact) mass is 356 g/mol. The van der Waals surface area contributed by atoms with Gasteiger partial charge in [0.25, 0.3) is 5.91 Å². The summed E-state index contributed by atoms with van der Waals surface area (Å²) in [6, 6.07) is 4.79. The van der Waals surface area contributed by atoms with Gasteiger partial charge in [0.05, 0.1) is 5.92 Å². The fourth-order valence-electron chi connectivity index (χ4n) is 3.62. The summed E-state index contributed by atoms with van der Waals surface area (Å²) in [4.78, 5) is 49.8. The van der Waals surface area contributed by atoms with Crippen LogP contribution in [-0.2, 0) is 27.5 Å². The van der Waals surface area contributed by atoms with Gasteiger partial charge in [0.2, 0.25) is 17.7 Å². The second-order valence-corrected chi connectivity index (χ2v) is 6.92. The van der Waals surface area contributed by atoms with Gasteiger partial charge in [-0.25, -0.2) is 0 Å². The molecule has 3 aliphatic rings. The lowest BCUT2D eigenvalue weighted by molar-refractivity contribution is -0.137. The summed E-state index contributed by atoms with van der Waals surface area (Å²) in [5.41, 5.74) is 2.28. The van der Waals surface area contributed by atoms with Crippen LogP contribution >= 0.6 is 0 Å². The highest BCUT2D eigenvalue weighted by atomic mass is 16.2. The van der Waals surface area contributed by atoms with Crippen molar-refractivity contribution in [3.8, 4) is 0 Å². The molecule has 3 heterocycles. The molecule has 1 aromatic rings. The van der Waals surface area contributed by atoms with Crippen LogP contribution in [-0.4, -0.2) is 47.7 Å². The van der Waals surface area contributed by atoms with Crippen LogP contribution in [0.25, 0.3) is 0 Å². The Morgan fingerprint density at radius 3 is 2.73 bits per heavy atom. The van der Waals surface area contributed by atoms with E-state index < -0.39 is 11.9 Å². The molecule has 4 rings (SSSR count). The van der Waals surface area contributed by atoms with Gasteiger partial charge < -0.3 is 15.5 Å². The van der Waals surface area contributed by atoms with Crippen molar-refractivity contribution in [1.29, 1.82) is 0 Å². The molecule has 0 radical (unpaired) electrons. The third kappa shape index (κ3) is 2.86. The van der Waals surface area contributed by atoms with Crippen LogP contribution in [0.4, 0.5) is 0 Å². The predicted molar refractivity (Wildman–Crippen MR) is 90.7 cm³/mol. The minimum Gasteiger partial charge on any atom is -0.352 e. The van der Waals surface area contributed by atoms with Crippen LogP contribution in [0.1, 0.15) is 34.3 Å². The summed E-state index contributed by atoms with van der Waals surface area (Å²) >= 11 is 0. The number of amides is 4. The topological polar surface area (TPSA) is 108 Å². The largest absolute Gasteiger partial charge is 0.352 e.